The van der Waals surface area contributed by atoms with Crippen LogP contribution in [0.2, 0.25) is 0 Å². The SMILES string of the molecule is Cc1ccccc1C(C)NC(=O)NCC1(O)CCSC1. The fourth-order valence-electron chi connectivity index (χ4n) is 2.38. The van der Waals surface area contributed by atoms with Crippen LogP contribution in [0.5, 0.6) is 0 Å². The van der Waals surface area contributed by atoms with Crippen LogP contribution in [0.25, 0.3) is 0 Å². The lowest BCUT2D eigenvalue weighted by molar-refractivity contribution is 0.0699. The van der Waals surface area contributed by atoms with E-state index in [1.807, 2.05) is 38.1 Å². The van der Waals surface area contributed by atoms with Gasteiger partial charge in [0, 0.05) is 12.3 Å². The van der Waals surface area contributed by atoms with Crippen LogP contribution in [0.3, 0.4) is 0 Å². The summed E-state index contributed by atoms with van der Waals surface area (Å²) in [5.41, 5.74) is 1.53. The number of benzene rings is 1. The molecule has 110 valence electrons. The number of carbonyl (C=O) groups excluding carboxylic acids is 1. The van der Waals surface area contributed by atoms with Gasteiger partial charge in [-0.2, -0.15) is 11.8 Å². The Morgan fingerprint density at radius 1 is 1.50 bits per heavy atom. The van der Waals surface area contributed by atoms with E-state index in [9.17, 15) is 9.90 Å². The molecule has 1 aliphatic rings. The fourth-order valence-corrected chi connectivity index (χ4v) is 3.67. The van der Waals surface area contributed by atoms with Crippen LogP contribution in [0.1, 0.15) is 30.5 Å². The lowest BCUT2D eigenvalue weighted by atomic mass is 10.0. The Labute approximate surface area is 124 Å². The molecule has 0 aromatic heterocycles. The predicted molar refractivity (Wildman–Crippen MR) is 83.0 cm³/mol. The van der Waals surface area contributed by atoms with Crippen LogP contribution >= 0.6 is 11.8 Å². The molecule has 0 radical (unpaired) electrons. The van der Waals surface area contributed by atoms with E-state index in [1.165, 1.54) is 0 Å². The first-order chi connectivity index (χ1) is 9.50. The molecule has 1 heterocycles. The Morgan fingerprint density at radius 3 is 2.90 bits per heavy atom. The quantitative estimate of drug-likeness (QED) is 0.798. The highest BCUT2D eigenvalue weighted by Gasteiger charge is 2.32. The third kappa shape index (κ3) is 3.90. The van der Waals surface area contributed by atoms with Gasteiger partial charge in [-0.05, 0) is 37.1 Å². The van der Waals surface area contributed by atoms with Crippen molar-refractivity contribution in [1.82, 2.24) is 10.6 Å². The molecule has 0 saturated carbocycles. The second kappa shape index (κ2) is 6.50. The monoisotopic (exact) mass is 294 g/mol. The van der Waals surface area contributed by atoms with Crippen LogP contribution in [0, 0.1) is 6.92 Å². The maximum absolute atomic E-state index is 11.9. The molecule has 1 aromatic carbocycles. The Morgan fingerprint density at radius 2 is 2.25 bits per heavy atom. The van der Waals surface area contributed by atoms with Crippen LogP contribution in [-0.2, 0) is 0 Å². The van der Waals surface area contributed by atoms with E-state index in [0.29, 0.717) is 12.3 Å². The van der Waals surface area contributed by atoms with Crippen molar-refractivity contribution in [2.75, 3.05) is 18.1 Å². The molecule has 5 heteroatoms. The largest absolute Gasteiger partial charge is 0.387 e. The summed E-state index contributed by atoms with van der Waals surface area (Å²) in [6, 6.07) is 7.72. The first-order valence-electron chi connectivity index (χ1n) is 6.90. The van der Waals surface area contributed by atoms with Gasteiger partial charge in [0.2, 0.25) is 0 Å². The number of thioether (sulfide) groups is 1. The van der Waals surface area contributed by atoms with Crippen molar-refractivity contribution >= 4 is 17.8 Å². The Kier molecular flexibility index (Phi) is 4.94. The number of hydrogen-bond donors (Lipinski definition) is 3. The molecule has 0 spiro atoms. The zero-order valence-electron chi connectivity index (χ0n) is 12.0. The smallest absolute Gasteiger partial charge is 0.315 e. The van der Waals surface area contributed by atoms with Crippen molar-refractivity contribution in [3.05, 3.63) is 35.4 Å². The van der Waals surface area contributed by atoms with Crippen molar-refractivity contribution in [3.8, 4) is 0 Å². The van der Waals surface area contributed by atoms with E-state index in [1.54, 1.807) is 11.8 Å². The number of aryl methyl sites for hydroxylation is 1. The first kappa shape index (κ1) is 15.2. The number of amides is 2. The van der Waals surface area contributed by atoms with Crippen molar-refractivity contribution < 1.29 is 9.90 Å². The second-order valence-electron chi connectivity index (χ2n) is 5.43. The van der Waals surface area contributed by atoms with E-state index in [-0.39, 0.29) is 12.1 Å². The summed E-state index contributed by atoms with van der Waals surface area (Å²) in [5.74, 6) is 1.65. The Bertz CT molecular complexity index is 473. The van der Waals surface area contributed by atoms with Gasteiger partial charge in [-0.25, -0.2) is 4.79 Å². The summed E-state index contributed by atoms with van der Waals surface area (Å²) < 4.78 is 0. The van der Waals surface area contributed by atoms with Gasteiger partial charge < -0.3 is 15.7 Å². The van der Waals surface area contributed by atoms with Gasteiger partial charge in [-0.3, -0.25) is 0 Å². The van der Waals surface area contributed by atoms with Crippen LogP contribution in [-0.4, -0.2) is 34.8 Å². The molecule has 3 N–H and O–H groups in total. The number of carbonyl (C=O) groups is 1. The summed E-state index contributed by atoms with van der Waals surface area (Å²) in [6.45, 7) is 4.30. The van der Waals surface area contributed by atoms with Crippen molar-refractivity contribution in [2.24, 2.45) is 0 Å². The molecule has 1 aromatic rings. The van der Waals surface area contributed by atoms with Gasteiger partial charge in [0.05, 0.1) is 11.6 Å². The molecule has 2 rings (SSSR count). The lowest BCUT2D eigenvalue weighted by Crippen LogP contribution is -2.47. The van der Waals surface area contributed by atoms with Gasteiger partial charge in [-0.1, -0.05) is 24.3 Å². The minimum Gasteiger partial charge on any atom is -0.387 e. The van der Waals surface area contributed by atoms with Gasteiger partial charge in [0.25, 0.3) is 0 Å². The molecular formula is C15H22N2O2S. The molecule has 2 amide bonds. The molecule has 0 bridgehead atoms. The predicted octanol–water partition coefficient (Wildman–Crippen LogP) is 2.22. The van der Waals surface area contributed by atoms with Gasteiger partial charge in [0.15, 0.2) is 0 Å². The fraction of sp³-hybridized carbons (Fsp3) is 0.533. The summed E-state index contributed by atoms with van der Waals surface area (Å²) in [5, 5.41) is 15.9. The van der Waals surface area contributed by atoms with Crippen molar-refractivity contribution in [3.63, 3.8) is 0 Å². The third-order valence-corrected chi connectivity index (χ3v) is 4.90. The number of urea groups is 1. The van der Waals surface area contributed by atoms with E-state index in [2.05, 4.69) is 10.6 Å². The summed E-state index contributed by atoms with van der Waals surface area (Å²) >= 11 is 1.72. The number of aliphatic hydroxyl groups is 1. The van der Waals surface area contributed by atoms with E-state index < -0.39 is 5.60 Å². The lowest BCUT2D eigenvalue weighted by Gasteiger charge is -2.23. The highest BCUT2D eigenvalue weighted by Crippen LogP contribution is 2.26. The van der Waals surface area contributed by atoms with E-state index >= 15 is 0 Å². The molecule has 1 fully saturated rings. The molecule has 4 nitrogen and oxygen atoms in total. The topological polar surface area (TPSA) is 61.4 Å². The van der Waals surface area contributed by atoms with Crippen LogP contribution < -0.4 is 10.6 Å². The highest BCUT2D eigenvalue weighted by molar-refractivity contribution is 7.99. The van der Waals surface area contributed by atoms with Crippen LogP contribution in [0.15, 0.2) is 24.3 Å². The van der Waals surface area contributed by atoms with Gasteiger partial charge in [-0.15, -0.1) is 0 Å². The Hall–Kier alpha value is -1.20. The maximum atomic E-state index is 11.9. The second-order valence-corrected chi connectivity index (χ2v) is 6.54. The molecule has 0 aliphatic carbocycles. The zero-order valence-corrected chi connectivity index (χ0v) is 12.8. The van der Waals surface area contributed by atoms with E-state index in [0.717, 1.165) is 23.3 Å². The maximum Gasteiger partial charge on any atom is 0.315 e. The molecule has 2 unspecified atom stereocenters. The average molecular weight is 294 g/mol. The van der Waals surface area contributed by atoms with Crippen molar-refractivity contribution in [1.29, 1.82) is 0 Å². The third-order valence-electron chi connectivity index (χ3n) is 3.66. The summed E-state index contributed by atoms with van der Waals surface area (Å²) in [4.78, 5) is 11.9. The zero-order chi connectivity index (χ0) is 14.6. The molecule has 1 aliphatic heterocycles. The first-order valence-corrected chi connectivity index (χ1v) is 8.06. The molecule has 20 heavy (non-hydrogen) atoms. The molecular weight excluding hydrogens is 272 g/mol. The normalized spacial score (nSPS) is 23.4. The molecule has 2 atom stereocenters. The number of hydrogen-bond acceptors (Lipinski definition) is 3. The van der Waals surface area contributed by atoms with Gasteiger partial charge >= 0.3 is 6.03 Å². The van der Waals surface area contributed by atoms with Crippen molar-refractivity contribution in [2.45, 2.75) is 31.9 Å². The highest BCUT2D eigenvalue weighted by atomic mass is 32.2. The number of nitrogens with one attached hydrogen (secondary N) is 2. The van der Waals surface area contributed by atoms with Crippen LogP contribution in [0.4, 0.5) is 4.79 Å². The summed E-state index contributed by atoms with van der Waals surface area (Å²) in [6.07, 6.45) is 0.741. The minimum atomic E-state index is -0.742. The van der Waals surface area contributed by atoms with Gasteiger partial charge in [0.1, 0.15) is 0 Å². The standard InChI is InChI=1S/C15H22N2O2S/c1-11-5-3-4-6-13(11)12(2)17-14(18)16-9-15(19)7-8-20-10-15/h3-6,12,19H,7-10H2,1-2H3,(H2,16,17,18). The number of rotatable bonds is 4. The molecule has 1 saturated heterocycles. The minimum absolute atomic E-state index is 0.0520. The Balaban J connectivity index is 1.84. The van der Waals surface area contributed by atoms with E-state index in [4.69, 9.17) is 0 Å². The summed E-state index contributed by atoms with van der Waals surface area (Å²) in [7, 11) is 0. The average Bonchev–Trinajstić information content (AvgIpc) is 2.84.